The highest BCUT2D eigenvalue weighted by Crippen LogP contribution is 2.28. The lowest BCUT2D eigenvalue weighted by Crippen LogP contribution is -2.38. The predicted octanol–water partition coefficient (Wildman–Crippen LogP) is 7.85. The van der Waals surface area contributed by atoms with Gasteiger partial charge in [0.1, 0.15) is 18.0 Å². The van der Waals surface area contributed by atoms with E-state index < -0.39 is 55.9 Å². The first kappa shape index (κ1) is 43.1. The Labute approximate surface area is 339 Å². The fourth-order valence-corrected chi connectivity index (χ4v) is 10.1. The summed E-state index contributed by atoms with van der Waals surface area (Å²) in [5.41, 5.74) is 1.41. The largest absolute Gasteiger partial charge is 0.494 e. The number of hydrogen-bond acceptors (Lipinski definition) is 9. The van der Waals surface area contributed by atoms with Crippen LogP contribution >= 0.6 is 0 Å². The fraction of sp³-hybridized carbons (Fsp3) is 0.250. The van der Waals surface area contributed by atoms with Crippen LogP contribution in [0.2, 0.25) is 0 Å². The van der Waals surface area contributed by atoms with Gasteiger partial charge >= 0.3 is 11.9 Å². The molecule has 0 aromatic heterocycles. The monoisotopic (exact) mass is 826 g/mol. The maximum Gasteiger partial charge on any atom is 0.343 e. The molecule has 12 nitrogen and oxygen atoms in total. The Kier molecular flexibility index (Phi) is 15.2. The average Bonchev–Trinajstić information content (AvgIpc) is 3.20. The summed E-state index contributed by atoms with van der Waals surface area (Å²) in [7, 11) is -9.02. The number of benzene rings is 5. The van der Waals surface area contributed by atoms with Crippen LogP contribution in [0.3, 0.4) is 0 Å². The summed E-state index contributed by atoms with van der Waals surface area (Å²) in [6.45, 7) is 1.97. The van der Waals surface area contributed by atoms with Crippen LogP contribution in [0.5, 0.6) is 11.5 Å². The number of carboxylic acid groups (broad SMARTS) is 1. The number of ether oxygens (including phenoxy) is 2. The van der Waals surface area contributed by atoms with Crippen molar-refractivity contribution in [3.63, 3.8) is 0 Å². The van der Waals surface area contributed by atoms with E-state index in [1.807, 2.05) is 0 Å². The van der Waals surface area contributed by atoms with Crippen molar-refractivity contribution in [1.82, 2.24) is 4.90 Å². The fourth-order valence-electron chi connectivity index (χ4n) is 6.08. The summed E-state index contributed by atoms with van der Waals surface area (Å²) in [4.78, 5) is 39.4. The standard InChI is InChI=1S/C44H46N2O10S2/c1-2-3-4-5-12-29-55-40-27-21-38(22-28-40)44(50)56-41-25-17-34(18-26-41)30-45(31-42(47)48)43(49)37-19-23-39(24-20-37)46(57(51,52)32-35-13-8-6-9-14-35)58(53,54)33-36-15-10-7-11-16-36/h6-11,13-28H,2-5,12,29-33H2,1H3,(H,47,48). The number of unbranched alkanes of at least 4 members (excludes halogenated alkanes) is 4. The van der Waals surface area contributed by atoms with Crippen LogP contribution < -0.4 is 13.2 Å². The number of hydrogen-bond donors (Lipinski definition) is 1. The van der Waals surface area contributed by atoms with Gasteiger partial charge in [-0.25, -0.2) is 21.6 Å². The van der Waals surface area contributed by atoms with Gasteiger partial charge in [0.15, 0.2) is 0 Å². The zero-order chi connectivity index (χ0) is 41.5. The molecule has 0 aliphatic rings. The topological polar surface area (TPSA) is 165 Å². The minimum atomic E-state index is -4.51. The molecule has 0 saturated heterocycles. The van der Waals surface area contributed by atoms with Gasteiger partial charge < -0.3 is 19.5 Å². The zero-order valence-electron chi connectivity index (χ0n) is 32.1. The molecular weight excluding hydrogens is 781 g/mol. The molecule has 0 heterocycles. The number of amides is 1. The molecule has 0 spiro atoms. The molecule has 5 aromatic rings. The van der Waals surface area contributed by atoms with Crippen molar-refractivity contribution in [1.29, 1.82) is 0 Å². The number of anilines is 1. The third kappa shape index (κ3) is 12.5. The molecule has 0 atom stereocenters. The van der Waals surface area contributed by atoms with Crippen LogP contribution in [0.15, 0.2) is 133 Å². The molecule has 0 fully saturated rings. The van der Waals surface area contributed by atoms with E-state index in [0.717, 1.165) is 17.7 Å². The minimum absolute atomic E-state index is 0.000179. The van der Waals surface area contributed by atoms with Gasteiger partial charge in [0, 0.05) is 12.1 Å². The third-order valence-corrected chi connectivity index (χ3v) is 13.1. The smallest absolute Gasteiger partial charge is 0.343 e. The Morgan fingerprint density at radius 1 is 0.586 bits per heavy atom. The summed E-state index contributed by atoms with van der Waals surface area (Å²) >= 11 is 0. The van der Waals surface area contributed by atoms with E-state index in [1.54, 1.807) is 97.1 Å². The molecule has 0 unspecified atom stereocenters. The van der Waals surface area contributed by atoms with Crippen LogP contribution in [0.1, 0.15) is 76.4 Å². The van der Waals surface area contributed by atoms with Gasteiger partial charge in [-0.05, 0) is 83.8 Å². The van der Waals surface area contributed by atoms with E-state index in [9.17, 15) is 36.3 Å². The number of nitrogens with zero attached hydrogens (tertiary/aromatic N) is 2. The normalized spacial score (nSPS) is 11.4. The first-order chi connectivity index (χ1) is 27.8. The molecule has 304 valence electrons. The predicted molar refractivity (Wildman–Crippen MR) is 222 cm³/mol. The van der Waals surface area contributed by atoms with Crippen molar-refractivity contribution in [3.8, 4) is 11.5 Å². The molecule has 58 heavy (non-hydrogen) atoms. The first-order valence-electron chi connectivity index (χ1n) is 18.8. The maximum atomic E-state index is 13.8. The van der Waals surface area contributed by atoms with Gasteiger partial charge in [-0.1, -0.05) is 105 Å². The number of carbonyl (C=O) groups is 3. The third-order valence-electron chi connectivity index (χ3n) is 8.94. The quantitative estimate of drug-likeness (QED) is 0.0438. The zero-order valence-corrected chi connectivity index (χ0v) is 33.7. The Morgan fingerprint density at radius 3 is 1.64 bits per heavy atom. The number of rotatable bonds is 21. The lowest BCUT2D eigenvalue weighted by molar-refractivity contribution is -0.137. The van der Waals surface area contributed by atoms with Crippen molar-refractivity contribution >= 4 is 43.6 Å². The van der Waals surface area contributed by atoms with E-state index in [0.29, 0.717) is 38.3 Å². The molecule has 0 radical (unpaired) electrons. The summed E-state index contributed by atoms with van der Waals surface area (Å²) in [5, 5.41) is 9.65. The summed E-state index contributed by atoms with van der Waals surface area (Å²) in [6, 6.07) is 34.2. The highest BCUT2D eigenvalue weighted by Gasteiger charge is 2.35. The van der Waals surface area contributed by atoms with E-state index in [2.05, 4.69) is 6.92 Å². The Morgan fingerprint density at radius 2 is 1.10 bits per heavy atom. The first-order valence-corrected chi connectivity index (χ1v) is 22.1. The molecule has 1 N–H and O–H groups in total. The van der Waals surface area contributed by atoms with Crippen LogP contribution in [-0.4, -0.2) is 57.8 Å². The number of aliphatic carboxylic acids is 1. The number of esters is 1. The molecular formula is C44H46N2O10S2. The maximum absolute atomic E-state index is 13.8. The van der Waals surface area contributed by atoms with Crippen molar-refractivity contribution in [2.24, 2.45) is 0 Å². The Bertz CT molecular complexity index is 2270. The van der Waals surface area contributed by atoms with Crippen molar-refractivity contribution in [2.45, 2.75) is 57.1 Å². The molecule has 0 bridgehead atoms. The highest BCUT2D eigenvalue weighted by molar-refractivity contribution is 8.09. The Hall–Kier alpha value is -5.99. The molecule has 0 aliphatic heterocycles. The van der Waals surface area contributed by atoms with Crippen molar-refractivity contribution in [2.75, 3.05) is 16.9 Å². The van der Waals surface area contributed by atoms with Crippen molar-refractivity contribution < 1.29 is 45.8 Å². The SMILES string of the molecule is CCCCCCCOc1ccc(C(=O)Oc2ccc(CN(CC(=O)O)C(=O)c3ccc(N(S(=O)(=O)Cc4ccccc4)S(=O)(=O)Cc4ccccc4)cc3)cc2)cc1. The lowest BCUT2D eigenvalue weighted by Gasteiger charge is -2.25. The number of carbonyl (C=O) groups excluding carboxylic acids is 2. The minimum Gasteiger partial charge on any atom is -0.494 e. The molecule has 1 amide bonds. The molecule has 14 heteroatoms. The summed E-state index contributed by atoms with van der Waals surface area (Å²) < 4.78 is 66.8. The van der Waals surface area contributed by atoms with E-state index >= 15 is 0 Å². The van der Waals surface area contributed by atoms with Crippen LogP contribution in [-0.2, 0) is 42.9 Å². The van der Waals surface area contributed by atoms with E-state index in [4.69, 9.17) is 9.47 Å². The van der Waals surface area contributed by atoms with Gasteiger partial charge in [0.2, 0.25) is 0 Å². The molecule has 0 saturated carbocycles. The molecule has 0 aliphatic carbocycles. The van der Waals surface area contributed by atoms with E-state index in [1.165, 1.54) is 55.7 Å². The molecule has 5 aromatic carbocycles. The number of sulfonamides is 2. The van der Waals surface area contributed by atoms with Gasteiger partial charge in [-0.2, -0.15) is 3.71 Å². The van der Waals surface area contributed by atoms with Crippen LogP contribution in [0.25, 0.3) is 0 Å². The summed E-state index contributed by atoms with van der Waals surface area (Å²) in [6.07, 6.45) is 5.63. The second kappa shape index (κ2) is 20.4. The second-order valence-corrected chi connectivity index (χ2v) is 17.5. The van der Waals surface area contributed by atoms with Crippen molar-refractivity contribution in [3.05, 3.63) is 161 Å². The van der Waals surface area contributed by atoms with E-state index in [-0.39, 0.29) is 23.5 Å². The second-order valence-electron chi connectivity index (χ2n) is 13.6. The average molecular weight is 827 g/mol. The van der Waals surface area contributed by atoms with Crippen LogP contribution in [0, 0.1) is 0 Å². The van der Waals surface area contributed by atoms with Crippen LogP contribution in [0.4, 0.5) is 5.69 Å². The summed E-state index contributed by atoms with van der Waals surface area (Å²) in [5.74, 6) is -2.85. The highest BCUT2D eigenvalue weighted by atomic mass is 32.3. The Balaban J connectivity index is 1.27. The number of carboxylic acids is 1. The molecule has 5 rings (SSSR count). The van der Waals surface area contributed by atoms with Gasteiger partial charge in [0.05, 0.1) is 29.4 Å². The van der Waals surface area contributed by atoms with Gasteiger partial charge in [-0.3, -0.25) is 9.59 Å². The lowest BCUT2D eigenvalue weighted by atomic mass is 10.1. The van der Waals surface area contributed by atoms with Gasteiger partial charge in [-0.15, -0.1) is 0 Å². The van der Waals surface area contributed by atoms with Gasteiger partial charge in [0.25, 0.3) is 26.0 Å².